The smallest absolute Gasteiger partial charge is 0.312 e. The molecule has 0 heterocycles. The van der Waals surface area contributed by atoms with Crippen LogP contribution in [0.4, 0.5) is 23.2 Å². The topological polar surface area (TPSA) is 133 Å². The minimum Gasteiger partial charge on any atom is -0.481 e. The van der Waals surface area contributed by atoms with Crippen molar-refractivity contribution in [1.29, 1.82) is 5.41 Å². The van der Waals surface area contributed by atoms with Gasteiger partial charge in [0.2, 0.25) is 0 Å². The number of nitrogens with one attached hydrogen (secondary N) is 2. The highest BCUT2D eigenvalue weighted by atomic mass is 19.2. The largest absolute Gasteiger partial charge is 0.481 e. The second kappa shape index (κ2) is 7.93. The number of carbonyl (C=O) groups excluding carboxylic acids is 2. The highest BCUT2D eigenvalue weighted by Gasteiger charge is 2.33. The summed E-state index contributed by atoms with van der Waals surface area (Å²) in [5, 5.41) is 18.3. The lowest BCUT2D eigenvalue weighted by Gasteiger charge is -2.17. The van der Waals surface area contributed by atoms with Gasteiger partial charge in [-0.1, -0.05) is 6.92 Å². The van der Waals surface area contributed by atoms with E-state index in [4.69, 9.17) is 16.2 Å². The van der Waals surface area contributed by atoms with Crippen LogP contribution in [0.25, 0.3) is 0 Å². The van der Waals surface area contributed by atoms with E-state index in [-0.39, 0.29) is 6.42 Å². The van der Waals surface area contributed by atoms with E-state index in [9.17, 15) is 31.9 Å². The minimum absolute atomic E-state index is 0.0851. The fourth-order valence-corrected chi connectivity index (χ4v) is 2.09. The number of carbonyl (C=O) groups is 3. The maximum absolute atomic E-state index is 13.7. The van der Waals surface area contributed by atoms with E-state index in [1.54, 1.807) is 5.32 Å². The molecule has 0 aliphatic rings. The van der Waals surface area contributed by atoms with Gasteiger partial charge < -0.3 is 21.6 Å². The van der Waals surface area contributed by atoms with Crippen LogP contribution in [0.3, 0.4) is 0 Å². The van der Waals surface area contributed by atoms with E-state index >= 15 is 0 Å². The molecule has 7 nitrogen and oxygen atoms in total. The van der Waals surface area contributed by atoms with E-state index in [0.717, 1.165) is 6.92 Å². The zero-order valence-corrected chi connectivity index (χ0v) is 13.6. The Kier molecular flexibility index (Phi) is 6.43. The first-order valence-corrected chi connectivity index (χ1v) is 7.23. The summed E-state index contributed by atoms with van der Waals surface area (Å²) in [4.78, 5) is 34.9. The van der Waals surface area contributed by atoms with E-state index < -0.39 is 69.9 Å². The third-order valence-electron chi connectivity index (χ3n) is 3.59. The molecule has 0 aliphatic carbocycles. The number of nitrogens with two attached hydrogens (primary N) is 1. The third-order valence-corrected chi connectivity index (χ3v) is 3.59. The monoisotopic (exact) mass is 377 g/mol. The quantitative estimate of drug-likeness (QED) is 0.248. The van der Waals surface area contributed by atoms with Crippen LogP contribution < -0.4 is 11.1 Å². The normalized spacial score (nSPS) is 13.0. The van der Waals surface area contributed by atoms with Crippen molar-refractivity contribution in [1.82, 2.24) is 5.32 Å². The predicted molar refractivity (Wildman–Crippen MR) is 81.8 cm³/mol. The molecule has 0 fully saturated rings. The predicted octanol–water partition coefficient (Wildman–Crippen LogP) is 1.64. The van der Waals surface area contributed by atoms with Gasteiger partial charge >= 0.3 is 5.97 Å². The maximum atomic E-state index is 13.7. The lowest BCUT2D eigenvalue weighted by molar-refractivity contribution is -0.140. The molecule has 0 bridgehead atoms. The van der Waals surface area contributed by atoms with E-state index in [0.29, 0.717) is 0 Å². The Hall–Kier alpha value is -2.98. The average Bonchev–Trinajstić information content (AvgIpc) is 2.57. The average molecular weight is 377 g/mol. The van der Waals surface area contributed by atoms with Gasteiger partial charge in [0.1, 0.15) is 17.2 Å². The summed E-state index contributed by atoms with van der Waals surface area (Å²) >= 11 is 0. The zero-order chi connectivity index (χ0) is 20.3. The van der Waals surface area contributed by atoms with Gasteiger partial charge in [-0.3, -0.25) is 14.4 Å². The molecule has 1 aromatic rings. The van der Waals surface area contributed by atoms with Crippen LogP contribution in [0, 0.1) is 34.6 Å². The standard InChI is InChI=1S/C15H15F4N3O4/c1-3-5(15(25)26)11(20)13(23)4(2)22-14(24)6-7(16)9(18)12(21)10(19)8(6)17/h4-5,20H,3,21H2,1-2H3,(H,22,24)(H,25,26). The van der Waals surface area contributed by atoms with Gasteiger partial charge in [0.05, 0.1) is 11.8 Å². The van der Waals surface area contributed by atoms with Crippen LogP contribution in [-0.4, -0.2) is 34.5 Å². The molecule has 2 unspecified atom stereocenters. The van der Waals surface area contributed by atoms with E-state index in [1.807, 2.05) is 0 Å². The molecule has 5 N–H and O–H groups in total. The molecule has 1 rings (SSSR count). The van der Waals surface area contributed by atoms with Gasteiger partial charge in [-0.15, -0.1) is 0 Å². The molecule has 142 valence electrons. The molecule has 0 radical (unpaired) electrons. The summed E-state index contributed by atoms with van der Waals surface area (Å²) in [6.07, 6.45) is -0.0851. The number of amides is 1. The first kappa shape index (κ1) is 21.1. The first-order chi connectivity index (χ1) is 11.9. The highest BCUT2D eigenvalue weighted by molar-refractivity contribution is 6.44. The Morgan fingerprint density at radius 3 is 1.96 bits per heavy atom. The van der Waals surface area contributed by atoms with Crippen LogP contribution in [0.5, 0.6) is 0 Å². The summed E-state index contributed by atoms with van der Waals surface area (Å²) in [7, 11) is 0. The number of Topliss-reactive ketones (excluding diaryl/α,β-unsaturated/α-hetero) is 1. The summed E-state index contributed by atoms with van der Waals surface area (Å²) in [5.74, 6) is -13.7. The van der Waals surface area contributed by atoms with Crippen molar-refractivity contribution < 1.29 is 37.1 Å². The summed E-state index contributed by atoms with van der Waals surface area (Å²) in [6, 6.07) is -1.58. The van der Waals surface area contributed by atoms with Crippen molar-refractivity contribution in [2.45, 2.75) is 26.3 Å². The molecule has 0 aliphatic heterocycles. The van der Waals surface area contributed by atoms with E-state index in [2.05, 4.69) is 0 Å². The molecule has 0 spiro atoms. The number of anilines is 1. The van der Waals surface area contributed by atoms with Crippen LogP contribution >= 0.6 is 0 Å². The molecule has 11 heteroatoms. The highest BCUT2D eigenvalue weighted by Crippen LogP contribution is 2.25. The maximum Gasteiger partial charge on any atom is 0.312 e. The van der Waals surface area contributed by atoms with Crippen LogP contribution in [0.2, 0.25) is 0 Å². The number of carboxylic acids is 1. The Morgan fingerprint density at radius 2 is 1.58 bits per heavy atom. The molecule has 26 heavy (non-hydrogen) atoms. The van der Waals surface area contributed by atoms with Gasteiger partial charge in [-0.05, 0) is 13.3 Å². The van der Waals surface area contributed by atoms with Crippen molar-refractivity contribution in [3.05, 3.63) is 28.8 Å². The van der Waals surface area contributed by atoms with E-state index in [1.165, 1.54) is 6.92 Å². The summed E-state index contributed by atoms with van der Waals surface area (Å²) < 4.78 is 54.3. The van der Waals surface area contributed by atoms with Gasteiger partial charge in [0.15, 0.2) is 29.1 Å². The molecule has 1 amide bonds. The molecule has 2 atom stereocenters. The van der Waals surface area contributed by atoms with Crippen molar-refractivity contribution in [2.24, 2.45) is 5.92 Å². The van der Waals surface area contributed by atoms with Gasteiger partial charge in [0, 0.05) is 0 Å². The van der Waals surface area contributed by atoms with Gasteiger partial charge in [0.25, 0.3) is 5.91 Å². The molecular weight excluding hydrogens is 362 g/mol. The lowest BCUT2D eigenvalue weighted by atomic mass is 9.94. The van der Waals surface area contributed by atoms with Crippen molar-refractivity contribution in [3.8, 4) is 0 Å². The molecule has 0 aromatic heterocycles. The van der Waals surface area contributed by atoms with Crippen molar-refractivity contribution in [2.75, 3.05) is 5.73 Å². The third kappa shape index (κ3) is 3.81. The zero-order valence-electron chi connectivity index (χ0n) is 13.6. The number of nitrogen functional groups attached to an aromatic ring is 1. The molecule has 0 saturated carbocycles. The SMILES string of the molecule is CCC(C(=N)C(=O)C(C)NC(=O)c1c(F)c(F)c(N)c(F)c1F)C(=O)O. The number of halogens is 4. The fourth-order valence-electron chi connectivity index (χ4n) is 2.09. The van der Waals surface area contributed by atoms with Crippen molar-refractivity contribution in [3.63, 3.8) is 0 Å². The van der Waals surface area contributed by atoms with Gasteiger partial charge in [-0.2, -0.15) is 0 Å². The van der Waals surface area contributed by atoms with Gasteiger partial charge in [-0.25, -0.2) is 17.6 Å². The summed E-state index contributed by atoms with van der Waals surface area (Å²) in [5.41, 5.74) is 0.892. The number of rotatable bonds is 7. The Bertz CT molecular complexity index is 769. The van der Waals surface area contributed by atoms with Crippen LogP contribution in [0.1, 0.15) is 30.6 Å². The Balaban J connectivity index is 3.10. The Morgan fingerprint density at radius 1 is 1.12 bits per heavy atom. The van der Waals surface area contributed by atoms with Crippen LogP contribution in [0.15, 0.2) is 0 Å². The molecular formula is C15H15F4N3O4. The number of hydrogen-bond acceptors (Lipinski definition) is 5. The molecule has 1 aromatic carbocycles. The number of ketones is 1. The molecule has 0 saturated heterocycles. The van der Waals surface area contributed by atoms with Crippen molar-refractivity contribution >= 4 is 29.1 Å². The summed E-state index contributed by atoms with van der Waals surface area (Å²) in [6.45, 7) is 2.43. The fraction of sp³-hybridized carbons (Fsp3) is 0.333. The Labute approximate surface area is 144 Å². The number of hydrogen-bond donors (Lipinski definition) is 4. The number of benzene rings is 1. The van der Waals surface area contributed by atoms with Crippen LogP contribution in [-0.2, 0) is 9.59 Å². The second-order valence-corrected chi connectivity index (χ2v) is 5.32. The second-order valence-electron chi connectivity index (χ2n) is 5.32. The number of carboxylic acid groups (broad SMARTS) is 1. The number of aliphatic carboxylic acids is 1. The lowest BCUT2D eigenvalue weighted by Crippen LogP contribution is -2.45. The minimum atomic E-state index is -2.05. The first-order valence-electron chi connectivity index (χ1n) is 7.23.